The van der Waals surface area contributed by atoms with Crippen LogP contribution in [0.2, 0.25) is 0 Å². The second-order valence-electron chi connectivity index (χ2n) is 8.43. The molecule has 0 fully saturated rings. The maximum absolute atomic E-state index is 2.48. The maximum Gasteiger partial charge on any atom is -0.0391 e. The Kier molecular flexibility index (Phi) is 11.6. The monoisotopic (exact) mass is 296 g/mol. The van der Waals surface area contributed by atoms with E-state index in [1.807, 2.05) is 0 Å². The molecule has 0 aromatic rings. The van der Waals surface area contributed by atoms with Crippen LogP contribution in [-0.2, 0) is 0 Å². The minimum absolute atomic E-state index is 0.871. The van der Waals surface area contributed by atoms with Gasteiger partial charge in [-0.2, -0.15) is 0 Å². The minimum atomic E-state index is 0.871. The van der Waals surface area contributed by atoms with Gasteiger partial charge in [-0.15, -0.1) is 0 Å². The Morgan fingerprint density at radius 1 is 0.524 bits per heavy atom. The standard InChI is InChI=1S/C21H44/c1-9-17(4)21(8)20(7)15-11-14-19(6)18(5)13-10-12-16(2)3/h16-21H,9-15H2,1-8H3. The predicted molar refractivity (Wildman–Crippen MR) is 98.7 cm³/mol. The Balaban J connectivity index is 3.84. The summed E-state index contributed by atoms with van der Waals surface area (Å²) in [6.07, 6.45) is 9.87. The van der Waals surface area contributed by atoms with Gasteiger partial charge in [-0.25, -0.2) is 0 Å². The Hall–Kier alpha value is 0. The molecule has 0 heterocycles. The Morgan fingerprint density at radius 3 is 1.38 bits per heavy atom. The van der Waals surface area contributed by atoms with Crippen molar-refractivity contribution in [1.82, 2.24) is 0 Å². The molecule has 21 heavy (non-hydrogen) atoms. The third kappa shape index (κ3) is 9.59. The third-order valence-corrected chi connectivity index (χ3v) is 6.17. The van der Waals surface area contributed by atoms with Crippen molar-refractivity contribution in [2.24, 2.45) is 35.5 Å². The molecule has 0 N–H and O–H groups in total. The van der Waals surface area contributed by atoms with Crippen LogP contribution in [0.5, 0.6) is 0 Å². The van der Waals surface area contributed by atoms with Gasteiger partial charge in [0.15, 0.2) is 0 Å². The van der Waals surface area contributed by atoms with Crippen molar-refractivity contribution in [2.75, 3.05) is 0 Å². The molecule has 0 aromatic heterocycles. The molecular formula is C21H44. The first-order valence-corrected chi connectivity index (χ1v) is 9.79. The summed E-state index contributed by atoms with van der Waals surface area (Å²) in [4.78, 5) is 0. The average molecular weight is 297 g/mol. The zero-order valence-electron chi connectivity index (χ0n) is 16.4. The first-order chi connectivity index (χ1) is 9.79. The van der Waals surface area contributed by atoms with Crippen LogP contribution >= 0.6 is 0 Å². The molecule has 0 heteroatoms. The lowest BCUT2D eigenvalue weighted by atomic mass is 9.80. The lowest BCUT2D eigenvalue weighted by molar-refractivity contribution is 0.243. The van der Waals surface area contributed by atoms with Gasteiger partial charge in [0.2, 0.25) is 0 Å². The topological polar surface area (TPSA) is 0 Å². The van der Waals surface area contributed by atoms with E-state index in [0.29, 0.717) is 0 Å². The molecule has 0 rings (SSSR count). The van der Waals surface area contributed by atoms with E-state index >= 15 is 0 Å². The highest BCUT2D eigenvalue weighted by Gasteiger charge is 2.18. The molecule has 5 unspecified atom stereocenters. The molecule has 0 aliphatic carbocycles. The van der Waals surface area contributed by atoms with Gasteiger partial charge >= 0.3 is 0 Å². The molecule has 0 saturated heterocycles. The molecule has 0 aliphatic rings. The fourth-order valence-electron chi connectivity index (χ4n) is 3.37. The van der Waals surface area contributed by atoms with Crippen molar-refractivity contribution < 1.29 is 0 Å². The van der Waals surface area contributed by atoms with Crippen molar-refractivity contribution in [3.05, 3.63) is 0 Å². The highest BCUT2D eigenvalue weighted by molar-refractivity contribution is 4.69. The van der Waals surface area contributed by atoms with Crippen LogP contribution in [0.4, 0.5) is 0 Å². The van der Waals surface area contributed by atoms with Gasteiger partial charge in [0, 0.05) is 0 Å². The lowest BCUT2D eigenvalue weighted by Gasteiger charge is -2.26. The number of hydrogen-bond donors (Lipinski definition) is 0. The van der Waals surface area contributed by atoms with Gasteiger partial charge in [-0.05, 0) is 35.5 Å². The van der Waals surface area contributed by atoms with Crippen molar-refractivity contribution in [1.29, 1.82) is 0 Å². The Morgan fingerprint density at radius 2 is 0.952 bits per heavy atom. The van der Waals surface area contributed by atoms with Crippen LogP contribution < -0.4 is 0 Å². The summed E-state index contributed by atoms with van der Waals surface area (Å²) in [7, 11) is 0. The zero-order chi connectivity index (χ0) is 16.4. The first-order valence-electron chi connectivity index (χ1n) is 9.79. The molecule has 0 aliphatic heterocycles. The highest BCUT2D eigenvalue weighted by atomic mass is 14.2. The van der Waals surface area contributed by atoms with E-state index in [4.69, 9.17) is 0 Å². The summed E-state index contributed by atoms with van der Waals surface area (Å²) in [5.74, 6) is 5.34. The summed E-state index contributed by atoms with van der Waals surface area (Å²) in [6.45, 7) is 19.3. The molecule has 0 bridgehead atoms. The summed E-state index contributed by atoms with van der Waals surface area (Å²) in [6, 6.07) is 0. The molecule has 0 aromatic carbocycles. The van der Waals surface area contributed by atoms with Crippen molar-refractivity contribution in [3.63, 3.8) is 0 Å². The van der Waals surface area contributed by atoms with Crippen LogP contribution in [0.1, 0.15) is 100 Å². The largest absolute Gasteiger partial charge is 0.0651 e. The highest BCUT2D eigenvalue weighted by Crippen LogP contribution is 2.29. The van der Waals surface area contributed by atoms with E-state index in [-0.39, 0.29) is 0 Å². The third-order valence-electron chi connectivity index (χ3n) is 6.17. The molecule has 0 spiro atoms. The van der Waals surface area contributed by atoms with Crippen molar-refractivity contribution in [3.8, 4) is 0 Å². The fraction of sp³-hybridized carbons (Fsp3) is 1.00. The molecule has 5 atom stereocenters. The van der Waals surface area contributed by atoms with Gasteiger partial charge < -0.3 is 0 Å². The minimum Gasteiger partial charge on any atom is -0.0651 e. The van der Waals surface area contributed by atoms with E-state index < -0.39 is 0 Å². The van der Waals surface area contributed by atoms with Crippen molar-refractivity contribution >= 4 is 0 Å². The molecule has 0 radical (unpaired) electrons. The molecule has 0 amide bonds. The van der Waals surface area contributed by atoms with E-state index in [1.165, 1.54) is 44.9 Å². The quantitative estimate of drug-likeness (QED) is 0.348. The van der Waals surface area contributed by atoms with Gasteiger partial charge in [0.25, 0.3) is 0 Å². The smallest absolute Gasteiger partial charge is 0.0391 e. The van der Waals surface area contributed by atoms with Gasteiger partial charge in [0.1, 0.15) is 0 Å². The number of hydrogen-bond acceptors (Lipinski definition) is 0. The summed E-state index contributed by atoms with van der Waals surface area (Å²) in [5.41, 5.74) is 0. The van der Waals surface area contributed by atoms with E-state index in [2.05, 4.69) is 55.4 Å². The summed E-state index contributed by atoms with van der Waals surface area (Å²) >= 11 is 0. The second-order valence-corrected chi connectivity index (χ2v) is 8.43. The first kappa shape index (κ1) is 21.0. The zero-order valence-corrected chi connectivity index (χ0v) is 16.4. The van der Waals surface area contributed by atoms with Gasteiger partial charge in [-0.3, -0.25) is 0 Å². The van der Waals surface area contributed by atoms with Gasteiger partial charge in [0.05, 0.1) is 0 Å². The van der Waals surface area contributed by atoms with Gasteiger partial charge in [-0.1, -0.05) is 100 Å². The fourth-order valence-corrected chi connectivity index (χ4v) is 3.37. The molecule has 0 nitrogen and oxygen atoms in total. The normalized spacial score (nSPS) is 19.3. The molecule has 0 saturated carbocycles. The lowest BCUT2D eigenvalue weighted by Crippen LogP contribution is -2.16. The SMILES string of the molecule is CCC(C)C(C)C(C)CCCC(C)C(C)CCCC(C)C. The number of rotatable bonds is 12. The van der Waals surface area contributed by atoms with Crippen LogP contribution in [0.3, 0.4) is 0 Å². The summed E-state index contributed by atoms with van der Waals surface area (Å²) in [5, 5.41) is 0. The van der Waals surface area contributed by atoms with E-state index in [9.17, 15) is 0 Å². The van der Waals surface area contributed by atoms with Crippen LogP contribution in [0.25, 0.3) is 0 Å². The Bertz CT molecular complexity index is 230. The van der Waals surface area contributed by atoms with Crippen LogP contribution in [0.15, 0.2) is 0 Å². The van der Waals surface area contributed by atoms with Crippen LogP contribution in [0, 0.1) is 35.5 Å². The molecular weight excluding hydrogens is 252 g/mol. The van der Waals surface area contributed by atoms with Crippen molar-refractivity contribution in [2.45, 2.75) is 100 Å². The molecule has 128 valence electrons. The van der Waals surface area contributed by atoms with E-state index in [1.54, 1.807) is 0 Å². The maximum atomic E-state index is 2.48. The second kappa shape index (κ2) is 11.6. The predicted octanol–water partition coefficient (Wildman–Crippen LogP) is 7.57. The Labute approximate surface area is 136 Å². The summed E-state index contributed by atoms with van der Waals surface area (Å²) < 4.78 is 0. The average Bonchev–Trinajstić information content (AvgIpc) is 2.44. The van der Waals surface area contributed by atoms with Crippen LogP contribution in [-0.4, -0.2) is 0 Å². The van der Waals surface area contributed by atoms with E-state index in [0.717, 1.165) is 35.5 Å².